The number of hydrogen-bond donors (Lipinski definition) is 0. The van der Waals surface area contributed by atoms with Crippen LogP contribution >= 0.6 is 0 Å². The van der Waals surface area contributed by atoms with Crippen LogP contribution in [0.5, 0.6) is 0 Å². The Bertz CT molecular complexity index is 3930. The largest absolute Gasteiger partial charge is 0.309 e. The lowest BCUT2D eigenvalue weighted by Gasteiger charge is -2.32. The van der Waals surface area contributed by atoms with Crippen molar-refractivity contribution < 1.29 is 0 Å². The first kappa shape index (κ1) is 38.2. The van der Waals surface area contributed by atoms with Crippen LogP contribution in [0.3, 0.4) is 0 Å². The fourth-order valence-electron chi connectivity index (χ4n) is 11.3. The van der Waals surface area contributed by atoms with E-state index in [2.05, 4.69) is 255 Å². The fraction of sp³-hybridized carbons (Fsp3) is 0.0462. The molecule has 0 bridgehead atoms. The SMILES string of the molecule is CC1(C)c2ccccc2-c2ccc(N(c3ccccc3-c3ccc4ccccc4c3)c3cccc(-c4cc5ccccc5c5ccccc45)c3-c3cc4ccccc4c4ccccc34)cc21. The molecular weight excluding hydrogens is 795 g/mol. The number of anilines is 3. The molecule has 0 spiro atoms. The maximum absolute atomic E-state index is 2.57. The van der Waals surface area contributed by atoms with Crippen molar-refractivity contribution in [3.05, 3.63) is 248 Å². The van der Waals surface area contributed by atoms with Crippen molar-refractivity contribution >= 4 is 70.9 Å². The Morgan fingerprint density at radius 3 is 1.53 bits per heavy atom. The molecule has 1 heteroatoms. The number of para-hydroxylation sites is 1. The molecule has 0 heterocycles. The van der Waals surface area contributed by atoms with Crippen LogP contribution in [0, 0.1) is 0 Å². The molecule has 0 aromatic heterocycles. The first-order valence-electron chi connectivity index (χ1n) is 23.1. The standard InChI is InChI=1S/C65H45N/c1-65(2)60-31-15-13-29-55(60)56-37-36-47(41-61(56)65)66(62-32-16-14-24-50(62)46-35-34-42-18-3-4-19-43(42)38-46)63-33-17-30-57(58-39-44-20-5-7-22-48(44)51-25-9-11-27-53(51)58)64(63)59-40-45-21-6-8-23-49(45)52-26-10-12-28-54(52)59/h3-41H,1-2H3. The molecule has 0 N–H and O–H groups in total. The zero-order valence-electron chi connectivity index (χ0n) is 37.0. The monoisotopic (exact) mass is 839 g/mol. The van der Waals surface area contributed by atoms with Crippen LogP contribution in [0.1, 0.15) is 25.0 Å². The molecule has 0 unspecified atom stereocenters. The van der Waals surface area contributed by atoms with Crippen LogP contribution in [0.25, 0.3) is 98.4 Å². The van der Waals surface area contributed by atoms with E-state index in [4.69, 9.17) is 0 Å². The molecule has 0 radical (unpaired) electrons. The summed E-state index contributed by atoms with van der Waals surface area (Å²) in [5.74, 6) is 0. The molecule has 12 aromatic carbocycles. The minimum Gasteiger partial charge on any atom is -0.309 e. The first-order valence-corrected chi connectivity index (χ1v) is 23.1. The van der Waals surface area contributed by atoms with Gasteiger partial charge < -0.3 is 4.90 Å². The lowest BCUT2D eigenvalue weighted by Crippen LogP contribution is -2.17. The maximum atomic E-state index is 2.57. The molecule has 1 aliphatic carbocycles. The van der Waals surface area contributed by atoms with Gasteiger partial charge in [-0.05, 0) is 141 Å². The van der Waals surface area contributed by atoms with Gasteiger partial charge in [0.25, 0.3) is 0 Å². The molecule has 12 aromatic rings. The lowest BCUT2D eigenvalue weighted by molar-refractivity contribution is 0.660. The second kappa shape index (κ2) is 14.9. The second-order valence-corrected chi connectivity index (χ2v) is 18.4. The van der Waals surface area contributed by atoms with E-state index >= 15 is 0 Å². The zero-order chi connectivity index (χ0) is 43.9. The summed E-state index contributed by atoms with van der Waals surface area (Å²) in [5, 5.41) is 12.4. The van der Waals surface area contributed by atoms with E-state index in [9.17, 15) is 0 Å². The molecule has 0 aliphatic heterocycles. The van der Waals surface area contributed by atoms with Crippen LogP contribution in [-0.4, -0.2) is 0 Å². The van der Waals surface area contributed by atoms with Crippen molar-refractivity contribution in [2.45, 2.75) is 19.3 Å². The number of rotatable bonds is 6. The van der Waals surface area contributed by atoms with Gasteiger partial charge in [-0.1, -0.05) is 208 Å². The Morgan fingerprint density at radius 2 is 0.803 bits per heavy atom. The summed E-state index contributed by atoms with van der Waals surface area (Å²) in [5.41, 5.74) is 15.6. The normalized spacial score (nSPS) is 12.8. The van der Waals surface area contributed by atoms with Crippen LogP contribution in [0.2, 0.25) is 0 Å². The third-order valence-corrected chi connectivity index (χ3v) is 14.4. The summed E-state index contributed by atoms with van der Waals surface area (Å²) in [7, 11) is 0. The Kier molecular flexibility index (Phi) is 8.63. The summed E-state index contributed by atoms with van der Waals surface area (Å²) >= 11 is 0. The van der Waals surface area contributed by atoms with Gasteiger partial charge in [-0.25, -0.2) is 0 Å². The van der Waals surface area contributed by atoms with Crippen LogP contribution in [-0.2, 0) is 5.41 Å². The maximum Gasteiger partial charge on any atom is 0.0546 e. The summed E-state index contributed by atoms with van der Waals surface area (Å²) in [4.78, 5) is 2.57. The van der Waals surface area contributed by atoms with Crippen molar-refractivity contribution in [1.82, 2.24) is 0 Å². The molecule has 1 aliphatic rings. The van der Waals surface area contributed by atoms with Crippen molar-refractivity contribution in [3.8, 4) is 44.5 Å². The lowest BCUT2D eigenvalue weighted by atomic mass is 9.82. The van der Waals surface area contributed by atoms with Crippen molar-refractivity contribution in [1.29, 1.82) is 0 Å². The summed E-state index contributed by atoms with van der Waals surface area (Å²) in [6, 6.07) is 88.2. The highest BCUT2D eigenvalue weighted by Crippen LogP contribution is 2.54. The molecule has 0 saturated heterocycles. The predicted molar refractivity (Wildman–Crippen MR) is 283 cm³/mol. The Hall–Kier alpha value is -8.26. The molecule has 66 heavy (non-hydrogen) atoms. The highest BCUT2D eigenvalue weighted by Gasteiger charge is 2.36. The topological polar surface area (TPSA) is 3.24 Å². The van der Waals surface area contributed by atoms with E-state index in [0.717, 1.165) is 17.1 Å². The summed E-state index contributed by atoms with van der Waals surface area (Å²) in [6.07, 6.45) is 0. The molecule has 0 amide bonds. The average Bonchev–Trinajstić information content (AvgIpc) is 3.61. The van der Waals surface area contributed by atoms with E-state index in [1.165, 1.54) is 109 Å². The van der Waals surface area contributed by atoms with Crippen molar-refractivity contribution in [2.24, 2.45) is 0 Å². The van der Waals surface area contributed by atoms with Gasteiger partial charge in [-0.3, -0.25) is 0 Å². The van der Waals surface area contributed by atoms with Crippen LogP contribution < -0.4 is 4.90 Å². The van der Waals surface area contributed by atoms with E-state index < -0.39 is 0 Å². The van der Waals surface area contributed by atoms with E-state index in [1.54, 1.807) is 0 Å². The van der Waals surface area contributed by atoms with Gasteiger partial charge in [0.05, 0.1) is 11.4 Å². The van der Waals surface area contributed by atoms with E-state index in [0.29, 0.717) is 0 Å². The van der Waals surface area contributed by atoms with Gasteiger partial charge in [-0.2, -0.15) is 0 Å². The highest BCUT2D eigenvalue weighted by molar-refractivity contribution is 6.20. The van der Waals surface area contributed by atoms with E-state index in [-0.39, 0.29) is 5.41 Å². The molecule has 0 saturated carbocycles. The highest BCUT2D eigenvalue weighted by atomic mass is 15.1. The number of nitrogens with zero attached hydrogens (tertiary/aromatic N) is 1. The molecular formula is C65H45N. The van der Waals surface area contributed by atoms with E-state index in [1.807, 2.05) is 0 Å². The Labute approximate surface area is 385 Å². The minimum absolute atomic E-state index is 0.186. The second-order valence-electron chi connectivity index (χ2n) is 18.4. The van der Waals surface area contributed by atoms with Gasteiger partial charge in [0.1, 0.15) is 0 Å². The molecule has 310 valence electrons. The number of fused-ring (bicyclic) bond motifs is 10. The van der Waals surface area contributed by atoms with Gasteiger partial charge in [0.2, 0.25) is 0 Å². The Morgan fingerprint density at radius 1 is 0.288 bits per heavy atom. The van der Waals surface area contributed by atoms with Gasteiger partial charge in [0.15, 0.2) is 0 Å². The molecule has 13 rings (SSSR count). The molecule has 1 nitrogen and oxygen atoms in total. The first-order chi connectivity index (χ1) is 32.5. The smallest absolute Gasteiger partial charge is 0.0546 e. The third-order valence-electron chi connectivity index (χ3n) is 14.4. The van der Waals surface area contributed by atoms with Crippen molar-refractivity contribution in [3.63, 3.8) is 0 Å². The van der Waals surface area contributed by atoms with Crippen LogP contribution in [0.15, 0.2) is 237 Å². The predicted octanol–water partition coefficient (Wildman–Crippen LogP) is 18.2. The third kappa shape index (κ3) is 5.87. The summed E-state index contributed by atoms with van der Waals surface area (Å²) in [6.45, 7) is 4.76. The molecule has 0 fully saturated rings. The van der Waals surface area contributed by atoms with Gasteiger partial charge in [-0.15, -0.1) is 0 Å². The number of hydrogen-bond acceptors (Lipinski definition) is 1. The summed E-state index contributed by atoms with van der Waals surface area (Å²) < 4.78 is 0. The zero-order valence-corrected chi connectivity index (χ0v) is 37.0. The molecule has 0 atom stereocenters. The fourth-order valence-corrected chi connectivity index (χ4v) is 11.3. The van der Waals surface area contributed by atoms with Crippen molar-refractivity contribution in [2.75, 3.05) is 4.90 Å². The van der Waals surface area contributed by atoms with Crippen LogP contribution in [0.4, 0.5) is 17.1 Å². The average molecular weight is 840 g/mol. The van der Waals surface area contributed by atoms with Gasteiger partial charge >= 0.3 is 0 Å². The quantitative estimate of drug-likeness (QED) is 0.151. The van der Waals surface area contributed by atoms with Gasteiger partial charge in [0, 0.05) is 22.2 Å². The number of benzene rings is 12. The minimum atomic E-state index is -0.186. The Balaban J connectivity index is 1.17.